The Bertz CT molecular complexity index is 608. The Hall–Kier alpha value is -0.870. The van der Waals surface area contributed by atoms with Crippen LogP contribution in [0.15, 0.2) is 29.2 Å². The normalized spacial score (nSPS) is 11.8. The summed E-state index contributed by atoms with van der Waals surface area (Å²) in [5.74, 6) is 0. The van der Waals surface area contributed by atoms with Gasteiger partial charge in [0.05, 0.1) is 11.5 Å². The molecule has 0 heterocycles. The first-order valence-electron chi connectivity index (χ1n) is 12.5. The standard InChI is InChI=1S/C26H46O3S/c1-3-4-5-6-7-8-9-10-11-12-13-14-15-16-17-18-19-24-29-30(27,28)26-22-20-25(2)21-23-26/h20-23H,3-19,24H2,1-2H3. The lowest BCUT2D eigenvalue weighted by Crippen LogP contribution is -2.07. The molecular formula is C26H46O3S. The molecule has 0 aliphatic rings. The first-order chi connectivity index (χ1) is 14.6. The molecule has 0 aliphatic carbocycles. The molecular weight excluding hydrogens is 392 g/mol. The van der Waals surface area contributed by atoms with Crippen LogP contribution >= 0.6 is 0 Å². The molecule has 0 fully saturated rings. The van der Waals surface area contributed by atoms with Crippen LogP contribution in [0.3, 0.4) is 0 Å². The molecule has 1 aromatic carbocycles. The Morgan fingerprint density at radius 1 is 0.600 bits per heavy atom. The lowest BCUT2D eigenvalue weighted by molar-refractivity contribution is 0.306. The minimum Gasteiger partial charge on any atom is -0.266 e. The van der Waals surface area contributed by atoms with Crippen molar-refractivity contribution in [2.24, 2.45) is 0 Å². The van der Waals surface area contributed by atoms with E-state index in [-0.39, 0.29) is 11.5 Å². The summed E-state index contributed by atoms with van der Waals surface area (Å²) in [6, 6.07) is 6.82. The van der Waals surface area contributed by atoms with Crippen molar-refractivity contribution in [1.82, 2.24) is 0 Å². The van der Waals surface area contributed by atoms with E-state index in [1.165, 1.54) is 96.3 Å². The van der Waals surface area contributed by atoms with Gasteiger partial charge < -0.3 is 0 Å². The fourth-order valence-electron chi connectivity index (χ4n) is 3.77. The highest BCUT2D eigenvalue weighted by Crippen LogP contribution is 2.16. The fourth-order valence-corrected chi connectivity index (χ4v) is 4.71. The van der Waals surface area contributed by atoms with Crippen molar-refractivity contribution in [3.8, 4) is 0 Å². The molecule has 0 radical (unpaired) electrons. The first kappa shape index (κ1) is 27.2. The molecule has 0 spiro atoms. The van der Waals surface area contributed by atoms with Gasteiger partial charge in [0.25, 0.3) is 10.1 Å². The second-order valence-corrected chi connectivity index (χ2v) is 10.4. The maximum atomic E-state index is 12.1. The van der Waals surface area contributed by atoms with Crippen LogP contribution in [0.1, 0.15) is 122 Å². The van der Waals surface area contributed by atoms with E-state index >= 15 is 0 Å². The van der Waals surface area contributed by atoms with Crippen molar-refractivity contribution in [3.63, 3.8) is 0 Å². The van der Waals surface area contributed by atoms with Gasteiger partial charge in [-0.25, -0.2) is 0 Å². The maximum Gasteiger partial charge on any atom is 0.296 e. The summed E-state index contributed by atoms with van der Waals surface area (Å²) >= 11 is 0. The summed E-state index contributed by atoms with van der Waals surface area (Å²) in [6.45, 7) is 4.50. The quantitative estimate of drug-likeness (QED) is 0.152. The van der Waals surface area contributed by atoms with E-state index in [0.717, 1.165) is 18.4 Å². The van der Waals surface area contributed by atoms with Gasteiger partial charge >= 0.3 is 0 Å². The molecule has 0 N–H and O–H groups in total. The highest BCUT2D eigenvalue weighted by atomic mass is 32.2. The van der Waals surface area contributed by atoms with E-state index in [1.807, 2.05) is 6.92 Å². The second kappa shape index (κ2) is 17.8. The van der Waals surface area contributed by atoms with Crippen LogP contribution in [0.5, 0.6) is 0 Å². The van der Waals surface area contributed by atoms with Crippen LogP contribution in [-0.4, -0.2) is 15.0 Å². The highest BCUT2D eigenvalue weighted by molar-refractivity contribution is 7.86. The Balaban J connectivity index is 1.84. The maximum absolute atomic E-state index is 12.1. The Kier molecular flexibility index (Phi) is 16.1. The third-order valence-electron chi connectivity index (χ3n) is 5.80. The van der Waals surface area contributed by atoms with Crippen LogP contribution in [0, 0.1) is 6.92 Å². The lowest BCUT2D eigenvalue weighted by Gasteiger charge is -2.06. The van der Waals surface area contributed by atoms with Crippen molar-refractivity contribution in [3.05, 3.63) is 29.8 Å². The van der Waals surface area contributed by atoms with Crippen molar-refractivity contribution >= 4 is 10.1 Å². The summed E-state index contributed by atoms with van der Waals surface area (Å²) in [5.41, 5.74) is 1.04. The van der Waals surface area contributed by atoms with Gasteiger partial charge in [-0.1, -0.05) is 127 Å². The van der Waals surface area contributed by atoms with Crippen LogP contribution in [0.4, 0.5) is 0 Å². The molecule has 3 nitrogen and oxygen atoms in total. The Morgan fingerprint density at radius 3 is 1.37 bits per heavy atom. The third kappa shape index (κ3) is 14.2. The van der Waals surface area contributed by atoms with Crippen LogP contribution in [0.25, 0.3) is 0 Å². The zero-order valence-corrected chi connectivity index (χ0v) is 20.5. The van der Waals surface area contributed by atoms with Crippen molar-refractivity contribution in [2.45, 2.75) is 128 Å². The summed E-state index contributed by atoms with van der Waals surface area (Å²) in [7, 11) is -3.60. The van der Waals surface area contributed by atoms with Gasteiger partial charge in [-0.3, -0.25) is 4.18 Å². The van der Waals surface area contributed by atoms with Crippen LogP contribution < -0.4 is 0 Å². The number of unbranched alkanes of at least 4 members (excludes halogenated alkanes) is 16. The number of benzene rings is 1. The van der Waals surface area contributed by atoms with Gasteiger partial charge in [0.1, 0.15) is 0 Å². The molecule has 174 valence electrons. The van der Waals surface area contributed by atoms with Crippen molar-refractivity contribution in [2.75, 3.05) is 6.61 Å². The zero-order valence-electron chi connectivity index (χ0n) is 19.7. The second-order valence-electron chi connectivity index (χ2n) is 8.75. The fraction of sp³-hybridized carbons (Fsp3) is 0.769. The SMILES string of the molecule is CCCCCCCCCCCCCCCCCCCOS(=O)(=O)c1ccc(C)cc1. The predicted octanol–water partition coefficient (Wildman–Crippen LogP) is 8.35. The number of rotatable bonds is 20. The molecule has 0 unspecified atom stereocenters. The van der Waals surface area contributed by atoms with Gasteiger partial charge in [-0.15, -0.1) is 0 Å². The minimum absolute atomic E-state index is 0.250. The third-order valence-corrected chi connectivity index (χ3v) is 7.12. The molecule has 30 heavy (non-hydrogen) atoms. The summed E-state index contributed by atoms with van der Waals surface area (Å²) in [6.07, 6.45) is 22.4. The topological polar surface area (TPSA) is 43.4 Å². The van der Waals surface area contributed by atoms with Gasteiger partial charge in [0.15, 0.2) is 0 Å². The van der Waals surface area contributed by atoms with Crippen molar-refractivity contribution in [1.29, 1.82) is 0 Å². The van der Waals surface area contributed by atoms with Crippen LogP contribution in [-0.2, 0) is 14.3 Å². The molecule has 4 heteroatoms. The number of hydrogen-bond acceptors (Lipinski definition) is 3. The summed E-state index contributed by atoms with van der Waals surface area (Å²) in [5, 5.41) is 0. The number of hydrogen-bond donors (Lipinski definition) is 0. The molecule has 0 bridgehead atoms. The monoisotopic (exact) mass is 438 g/mol. The summed E-state index contributed by atoms with van der Waals surface area (Å²) < 4.78 is 29.3. The Morgan fingerprint density at radius 2 is 0.967 bits per heavy atom. The predicted molar refractivity (Wildman–Crippen MR) is 128 cm³/mol. The van der Waals surface area contributed by atoms with Crippen molar-refractivity contribution < 1.29 is 12.6 Å². The summed E-state index contributed by atoms with van der Waals surface area (Å²) in [4.78, 5) is 0.250. The average molecular weight is 439 g/mol. The average Bonchev–Trinajstić information content (AvgIpc) is 2.73. The number of aryl methyl sites for hydroxylation is 1. The van der Waals surface area contributed by atoms with Crippen LogP contribution in [0.2, 0.25) is 0 Å². The first-order valence-corrected chi connectivity index (χ1v) is 13.9. The Labute approximate surface area is 187 Å². The smallest absolute Gasteiger partial charge is 0.266 e. The molecule has 0 aromatic heterocycles. The molecule has 1 aromatic rings. The molecule has 1 rings (SSSR count). The van der Waals surface area contributed by atoms with Gasteiger partial charge in [-0.2, -0.15) is 8.42 Å². The van der Waals surface area contributed by atoms with Gasteiger partial charge in [-0.05, 0) is 25.5 Å². The minimum atomic E-state index is -3.60. The van der Waals surface area contributed by atoms with E-state index in [2.05, 4.69) is 6.92 Å². The largest absolute Gasteiger partial charge is 0.296 e. The molecule has 0 amide bonds. The molecule has 0 atom stereocenters. The molecule has 0 saturated heterocycles. The lowest BCUT2D eigenvalue weighted by atomic mass is 10.0. The van der Waals surface area contributed by atoms with Gasteiger partial charge in [0.2, 0.25) is 0 Å². The van der Waals surface area contributed by atoms with E-state index in [0.29, 0.717) is 0 Å². The molecule has 0 aliphatic heterocycles. The highest BCUT2D eigenvalue weighted by Gasteiger charge is 2.14. The van der Waals surface area contributed by atoms with E-state index in [4.69, 9.17) is 4.18 Å². The van der Waals surface area contributed by atoms with E-state index < -0.39 is 10.1 Å². The molecule has 0 saturated carbocycles. The zero-order chi connectivity index (χ0) is 21.9. The van der Waals surface area contributed by atoms with E-state index in [1.54, 1.807) is 24.3 Å². The van der Waals surface area contributed by atoms with Gasteiger partial charge in [0, 0.05) is 0 Å². The van der Waals surface area contributed by atoms with E-state index in [9.17, 15) is 8.42 Å².